The van der Waals surface area contributed by atoms with Gasteiger partial charge in [0.25, 0.3) is 0 Å². The highest BCUT2D eigenvalue weighted by atomic mass is 32.2. The van der Waals surface area contributed by atoms with Gasteiger partial charge in [-0.05, 0) is 18.2 Å². The van der Waals surface area contributed by atoms with E-state index in [1.54, 1.807) is 11.8 Å². The van der Waals surface area contributed by atoms with Gasteiger partial charge in [-0.25, -0.2) is 4.99 Å². The van der Waals surface area contributed by atoms with Crippen LogP contribution >= 0.6 is 11.8 Å². The number of aliphatic imine (C=N–C) groups is 1. The molecule has 142 valence electrons. The third-order valence-corrected chi connectivity index (χ3v) is 5.57. The summed E-state index contributed by atoms with van der Waals surface area (Å²) in [4.78, 5) is 10.5. The van der Waals surface area contributed by atoms with Crippen molar-refractivity contribution in [3.8, 4) is 0 Å². The lowest BCUT2D eigenvalue weighted by atomic mass is 10.1. The number of nitrogens with zero attached hydrogens (tertiary/aromatic N) is 3. The summed E-state index contributed by atoms with van der Waals surface area (Å²) in [6.07, 6.45) is 0. The molecule has 2 aromatic carbocycles. The van der Waals surface area contributed by atoms with E-state index in [2.05, 4.69) is 11.0 Å². The number of fused-ring (bicyclic) bond motifs is 2. The van der Waals surface area contributed by atoms with Crippen molar-refractivity contribution in [1.82, 2.24) is 9.80 Å². The molecule has 2 aromatic rings. The Morgan fingerprint density at radius 1 is 1.04 bits per heavy atom. The molecule has 1 fully saturated rings. The summed E-state index contributed by atoms with van der Waals surface area (Å²) < 4.78 is 51.7. The zero-order valence-corrected chi connectivity index (χ0v) is 15.6. The van der Waals surface area contributed by atoms with Crippen LogP contribution in [0.4, 0.5) is 5.69 Å². The van der Waals surface area contributed by atoms with E-state index in [0.717, 1.165) is 26.9 Å². The molecule has 0 unspecified atom stereocenters. The molecule has 2 aliphatic rings. The molecule has 5 nitrogen and oxygen atoms in total. The molecule has 0 aromatic heterocycles. The largest absolute Gasteiger partial charge is 0.394 e. The Balaban J connectivity index is 1.53. The molecule has 0 atom stereocenters. The molecule has 1 N–H and O–H groups in total. The number of piperazine rings is 1. The zero-order chi connectivity index (χ0) is 23.9. The Morgan fingerprint density at radius 2 is 1.78 bits per heavy atom. The molecule has 27 heavy (non-hydrogen) atoms. The normalized spacial score (nSPS) is 22.0. The maximum Gasteiger partial charge on any atom is 0.137 e. The molecule has 1 saturated heterocycles. The van der Waals surface area contributed by atoms with Crippen molar-refractivity contribution < 1.29 is 18.1 Å². The van der Waals surface area contributed by atoms with Gasteiger partial charge in [0.2, 0.25) is 0 Å². The molecule has 0 saturated carbocycles. The first-order valence-electron chi connectivity index (χ1n) is 11.8. The molecule has 0 radical (unpaired) electrons. The molecule has 0 amide bonds. The summed E-state index contributed by atoms with van der Waals surface area (Å²) in [6, 6.07) is 16.0. The maximum atomic E-state index is 9.19. The van der Waals surface area contributed by atoms with Gasteiger partial charge in [-0.15, -0.1) is 0 Å². The van der Waals surface area contributed by atoms with Crippen LogP contribution in [0.1, 0.15) is 13.8 Å². The van der Waals surface area contributed by atoms with Crippen molar-refractivity contribution in [3.63, 3.8) is 0 Å². The summed E-state index contributed by atoms with van der Waals surface area (Å²) in [5, 5.41) is 9.19. The number of para-hydroxylation sites is 1. The van der Waals surface area contributed by atoms with Crippen molar-refractivity contribution in [2.75, 3.05) is 52.4 Å². The van der Waals surface area contributed by atoms with E-state index < -0.39 is 26.2 Å². The van der Waals surface area contributed by atoms with Crippen LogP contribution < -0.4 is 0 Å². The topological polar surface area (TPSA) is 48.3 Å². The van der Waals surface area contributed by atoms with Crippen molar-refractivity contribution >= 4 is 23.3 Å². The lowest BCUT2D eigenvalue weighted by Gasteiger charge is -2.36. The number of hydrogen-bond acceptors (Lipinski definition) is 6. The van der Waals surface area contributed by atoms with Gasteiger partial charge in [-0.3, -0.25) is 4.90 Å². The van der Waals surface area contributed by atoms with Gasteiger partial charge in [-0.1, -0.05) is 42.1 Å². The van der Waals surface area contributed by atoms with Crippen LogP contribution in [-0.2, 0) is 4.74 Å². The summed E-state index contributed by atoms with van der Waals surface area (Å²) in [5.41, 5.74) is 1.87. The number of hydrogen-bond donors (Lipinski definition) is 1. The molecule has 0 spiro atoms. The SMILES string of the molecule is [2H]C([2H])(O)COC([2H])([2H])C([2H])([2H])N1CCN(C2=Nc3ccccc3Sc3ccccc32)CC1. The monoisotopic (exact) mass is 389 g/mol. The predicted molar refractivity (Wildman–Crippen MR) is 109 cm³/mol. The first-order chi connectivity index (χ1) is 15.5. The second-order valence-corrected chi connectivity index (χ2v) is 7.22. The number of amidine groups is 1. The average molecular weight is 390 g/mol. The van der Waals surface area contributed by atoms with Crippen LogP contribution in [0.5, 0.6) is 0 Å². The Morgan fingerprint density at radius 3 is 2.59 bits per heavy atom. The molecule has 4 rings (SSSR count). The molecule has 2 heterocycles. The van der Waals surface area contributed by atoms with Crippen molar-refractivity contribution in [1.29, 1.82) is 0 Å². The van der Waals surface area contributed by atoms with Crippen LogP contribution in [0.2, 0.25) is 0 Å². The first kappa shape index (κ1) is 12.6. The molecular weight excluding hydrogens is 358 g/mol. The molecule has 6 heteroatoms. The quantitative estimate of drug-likeness (QED) is 0.852. The van der Waals surface area contributed by atoms with Crippen LogP contribution in [0.15, 0.2) is 63.3 Å². The highest BCUT2D eigenvalue weighted by molar-refractivity contribution is 7.99. The minimum absolute atomic E-state index is 0.220. The van der Waals surface area contributed by atoms with Crippen LogP contribution in [0.3, 0.4) is 0 Å². The van der Waals surface area contributed by atoms with Gasteiger partial charge < -0.3 is 14.7 Å². The Bertz CT molecular complexity index is 1040. The fourth-order valence-corrected chi connectivity index (χ4v) is 4.12. The third kappa shape index (κ3) is 4.35. The van der Waals surface area contributed by atoms with E-state index in [4.69, 9.17) is 18.0 Å². The Hall–Kier alpha value is -1.86. The van der Waals surface area contributed by atoms with E-state index in [1.807, 2.05) is 42.5 Å². The molecule has 0 aliphatic carbocycles. The van der Waals surface area contributed by atoms with Crippen molar-refractivity contribution in [2.24, 2.45) is 4.99 Å². The minimum atomic E-state index is -2.81. The first-order valence-corrected chi connectivity index (χ1v) is 9.61. The number of rotatable bonds is 5. The third-order valence-electron chi connectivity index (χ3n) is 4.43. The summed E-state index contributed by atoms with van der Waals surface area (Å²) in [5.74, 6) is 0.802. The number of benzene rings is 2. The highest BCUT2D eigenvalue weighted by Crippen LogP contribution is 2.40. The minimum Gasteiger partial charge on any atom is -0.394 e. The molecular formula is C21H25N3O2S. The Labute approximate surface area is 173 Å². The fraction of sp³-hybridized carbons (Fsp3) is 0.381. The van der Waals surface area contributed by atoms with Crippen molar-refractivity contribution in [3.05, 3.63) is 54.1 Å². The van der Waals surface area contributed by atoms with Crippen LogP contribution in [-0.4, -0.2) is 73.1 Å². The molecule has 0 bridgehead atoms. The van der Waals surface area contributed by atoms with E-state index in [1.165, 1.54) is 4.90 Å². The van der Waals surface area contributed by atoms with Gasteiger partial charge in [0.15, 0.2) is 0 Å². The summed E-state index contributed by atoms with van der Waals surface area (Å²) >= 11 is 1.66. The van der Waals surface area contributed by atoms with E-state index in [-0.39, 0.29) is 13.1 Å². The number of ether oxygens (including phenoxy) is 1. The maximum absolute atomic E-state index is 9.19. The van der Waals surface area contributed by atoms with Gasteiger partial charge in [-0.2, -0.15) is 0 Å². The van der Waals surface area contributed by atoms with Crippen LogP contribution in [0.25, 0.3) is 0 Å². The Kier molecular flexibility index (Phi) is 4.14. The van der Waals surface area contributed by atoms with Gasteiger partial charge in [0, 0.05) is 50.8 Å². The fourth-order valence-electron chi connectivity index (χ4n) is 3.11. The lowest BCUT2D eigenvalue weighted by molar-refractivity contribution is 0.0652. The zero-order valence-electron chi connectivity index (χ0n) is 20.8. The summed E-state index contributed by atoms with van der Waals surface area (Å²) in [7, 11) is 0. The standard InChI is InChI=1S/C21H25N3O2S/c25-14-16-26-15-13-23-9-11-24(12-10-23)21-17-5-1-3-7-19(17)27-20-8-4-2-6-18(20)22-21/h1-8,25H,9-16H2/i13D2,14D2,15D2. The smallest absolute Gasteiger partial charge is 0.137 e. The van der Waals surface area contributed by atoms with Gasteiger partial charge in [0.05, 0.1) is 30.9 Å². The second kappa shape index (κ2) is 8.89. The lowest BCUT2D eigenvalue weighted by Crippen LogP contribution is -2.49. The second-order valence-electron chi connectivity index (χ2n) is 6.14. The predicted octanol–water partition coefficient (Wildman–Crippen LogP) is 2.86. The van der Waals surface area contributed by atoms with E-state index in [0.29, 0.717) is 13.1 Å². The molecule has 2 aliphatic heterocycles. The van der Waals surface area contributed by atoms with Crippen LogP contribution in [0, 0.1) is 0 Å². The summed E-state index contributed by atoms with van der Waals surface area (Å²) in [6.45, 7) is -7.75. The van der Waals surface area contributed by atoms with Crippen molar-refractivity contribution in [2.45, 2.75) is 9.79 Å². The average Bonchev–Trinajstić information content (AvgIpc) is 2.94. The van der Waals surface area contributed by atoms with E-state index >= 15 is 0 Å². The highest BCUT2D eigenvalue weighted by Gasteiger charge is 2.24. The van der Waals surface area contributed by atoms with E-state index in [9.17, 15) is 5.11 Å². The van der Waals surface area contributed by atoms with Gasteiger partial charge >= 0.3 is 0 Å². The number of aliphatic hydroxyl groups is 1. The van der Waals surface area contributed by atoms with Gasteiger partial charge in [0.1, 0.15) is 5.84 Å².